The van der Waals surface area contributed by atoms with Crippen LogP contribution in [0.2, 0.25) is 0 Å². The number of aromatic nitrogens is 1. The van der Waals surface area contributed by atoms with Crippen molar-refractivity contribution in [1.82, 2.24) is 9.99 Å². The molecule has 3 aromatic carbocycles. The average molecular weight is 529 g/mol. The number of nitrogens with one attached hydrogen (secondary N) is 1. The summed E-state index contributed by atoms with van der Waals surface area (Å²) in [5, 5.41) is 4.18. The highest BCUT2D eigenvalue weighted by atomic mass is 32.2. The molecule has 1 N–H and O–H groups in total. The number of carbonyl (C=O) groups excluding carboxylic acids is 1. The molecule has 4 aromatic rings. The van der Waals surface area contributed by atoms with Crippen LogP contribution in [0.5, 0.6) is 0 Å². The third-order valence-electron chi connectivity index (χ3n) is 6.58. The summed E-state index contributed by atoms with van der Waals surface area (Å²) in [6.07, 6.45) is 2.83. The van der Waals surface area contributed by atoms with Gasteiger partial charge in [0.15, 0.2) is 0 Å². The summed E-state index contributed by atoms with van der Waals surface area (Å²) in [4.78, 5) is 12.7. The highest BCUT2D eigenvalue weighted by molar-refractivity contribution is 7.92. The molecule has 0 unspecified atom stereocenters. The van der Waals surface area contributed by atoms with E-state index in [1.54, 1.807) is 54.7 Å². The van der Waals surface area contributed by atoms with E-state index in [1.807, 2.05) is 26.0 Å². The van der Waals surface area contributed by atoms with Crippen LogP contribution in [0.25, 0.3) is 5.69 Å². The number of para-hydroxylation sites is 1. The molecule has 7 nitrogen and oxygen atoms in total. The number of anilines is 1. The maximum Gasteiger partial charge on any atom is 0.271 e. The third-order valence-corrected chi connectivity index (χ3v) is 7.72. The lowest BCUT2D eigenvalue weighted by Crippen LogP contribution is -2.29. The SMILES string of the molecule is Cc1ccc(-n2c(C)cc(/C=N\NC(=O)c3ccc(CN(c4ccccc4)S(C)(=O)=O)cc3)c2C)cc1C. The lowest BCUT2D eigenvalue weighted by molar-refractivity contribution is 0.0955. The molecule has 0 bridgehead atoms. The predicted octanol–water partition coefficient (Wildman–Crippen LogP) is 5.44. The fourth-order valence-electron chi connectivity index (χ4n) is 4.33. The van der Waals surface area contributed by atoms with E-state index in [0.29, 0.717) is 11.3 Å². The number of rotatable bonds is 8. The molecule has 1 aromatic heterocycles. The molecule has 0 saturated heterocycles. The zero-order valence-corrected chi connectivity index (χ0v) is 23.1. The molecule has 196 valence electrons. The highest BCUT2D eigenvalue weighted by Gasteiger charge is 2.18. The van der Waals surface area contributed by atoms with E-state index in [4.69, 9.17) is 0 Å². The molecule has 0 radical (unpaired) electrons. The van der Waals surface area contributed by atoms with Crippen LogP contribution < -0.4 is 9.73 Å². The smallest absolute Gasteiger partial charge is 0.271 e. The van der Waals surface area contributed by atoms with Crippen molar-refractivity contribution in [3.8, 4) is 5.69 Å². The molecule has 1 heterocycles. The fraction of sp³-hybridized carbons (Fsp3) is 0.200. The predicted molar refractivity (Wildman–Crippen MR) is 154 cm³/mol. The lowest BCUT2D eigenvalue weighted by atomic mass is 10.1. The van der Waals surface area contributed by atoms with Crippen LogP contribution in [0.15, 0.2) is 84.0 Å². The third kappa shape index (κ3) is 6.03. The normalized spacial score (nSPS) is 11.6. The van der Waals surface area contributed by atoms with Crippen molar-refractivity contribution < 1.29 is 13.2 Å². The summed E-state index contributed by atoms with van der Waals surface area (Å²) in [5.74, 6) is -0.348. The molecule has 0 saturated carbocycles. The first-order valence-corrected chi connectivity index (χ1v) is 14.1. The Hall–Kier alpha value is -4.17. The maximum absolute atomic E-state index is 12.7. The Morgan fingerprint density at radius 1 is 0.921 bits per heavy atom. The van der Waals surface area contributed by atoms with E-state index in [0.717, 1.165) is 28.2 Å². The number of amides is 1. The van der Waals surface area contributed by atoms with Crippen molar-refractivity contribution in [2.24, 2.45) is 5.10 Å². The molecule has 4 rings (SSSR count). The standard InChI is InChI=1S/C30H32N4O3S/c1-21-11-16-29(17-22(21)2)34-23(3)18-27(24(34)4)19-31-32-30(35)26-14-12-25(13-15-26)20-33(38(5,36)37)28-9-7-6-8-10-28/h6-19H,20H2,1-5H3,(H,32,35)/b31-19-. The number of nitrogens with zero attached hydrogens (tertiary/aromatic N) is 3. The summed E-state index contributed by atoms with van der Waals surface area (Å²) >= 11 is 0. The van der Waals surface area contributed by atoms with Crippen LogP contribution in [-0.4, -0.2) is 31.4 Å². The molecular weight excluding hydrogens is 496 g/mol. The second-order valence-electron chi connectivity index (χ2n) is 9.43. The van der Waals surface area contributed by atoms with Gasteiger partial charge >= 0.3 is 0 Å². The number of carbonyl (C=O) groups is 1. The summed E-state index contributed by atoms with van der Waals surface area (Å²) in [7, 11) is -3.47. The van der Waals surface area contributed by atoms with Crippen molar-refractivity contribution in [2.45, 2.75) is 34.2 Å². The lowest BCUT2D eigenvalue weighted by Gasteiger charge is -2.22. The van der Waals surface area contributed by atoms with Gasteiger partial charge in [-0.3, -0.25) is 9.10 Å². The van der Waals surface area contributed by atoms with Crippen molar-refractivity contribution in [1.29, 1.82) is 0 Å². The number of hydrazone groups is 1. The number of hydrogen-bond acceptors (Lipinski definition) is 4. The first-order valence-electron chi connectivity index (χ1n) is 12.3. The van der Waals surface area contributed by atoms with Gasteiger partial charge in [-0.25, -0.2) is 13.8 Å². The van der Waals surface area contributed by atoms with E-state index >= 15 is 0 Å². The van der Waals surface area contributed by atoms with Crippen LogP contribution in [0, 0.1) is 27.7 Å². The zero-order chi connectivity index (χ0) is 27.4. The van der Waals surface area contributed by atoms with Crippen molar-refractivity contribution in [3.63, 3.8) is 0 Å². The van der Waals surface area contributed by atoms with E-state index < -0.39 is 10.0 Å². The van der Waals surface area contributed by atoms with Gasteiger partial charge in [0.2, 0.25) is 10.0 Å². The van der Waals surface area contributed by atoms with Gasteiger partial charge < -0.3 is 4.57 Å². The van der Waals surface area contributed by atoms with E-state index in [-0.39, 0.29) is 12.5 Å². The fourth-order valence-corrected chi connectivity index (χ4v) is 5.22. The molecule has 0 aliphatic rings. The number of benzene rings is 3. The second-order valence-corrected chi connectivity index (χ2v) is 11.3. The van der Waals surface area contributed by atoms with Gasteiger partial charge in [0.1, 0.15) is 0 Å². The largest absolute Gasteiger partial charge is 0.318 e. The van der Waals surface area contributed by atoms with Gasteiger partial charge in [-0.15, -0.1) is 0 Å². The van der Waals surface area contributed by atoms with Gasteiger partial charge in [-0.05, 0) is 86.8 Å². The minimum atomic E-state index is -3.47. The Balaban J connectivity index is 1.44. The summed E-state index contributed by atoms with van der Waals surface area (Å²) in [6.45, 7) is 8.43. The van der Waals surface area contributed by atoms with Crippen LogP contribution in [0.3, 0.4) is 0 Å². The van der Waals surface area contributed by atoms with E-state index in [1.165, 1.54) is 21.7 Å². The van der Waals surface area contributed by atoms with E-state index in [2.05, 4.69) is 47.1 Å². The summed E-state index contributed by atoms with van der Waals surface area (Å²) in [6, 6.07) is 24.2. The quantitative estimate of drug-likeness (QED) is 0.244. The molecule has 0 atom stereocenters. The van der Waals surface area contributed by atoms with Crippen LogP contribution >= 0.6 is 0 Å². The van der Waals surface area contributed by atoms with E-state index in [9.17, 15) is 13.2 Å². The highest BCUT2D eigenvalue weighted by Crippen LogP contribution is 2.22. The van der Waals surface area contributed by atoms with Crippen molar-refractivity contribution >= 4 is 27.8 Å². The topological polar surface area (TPSA) is 83.8 Å². The minimum absolute atomic E-state index is 0.166. The van der Waals surface area contributed by atoms with Crippen molar-refractivity contribution in [2.75, 3.05) is 10.6 Å². The Labute approximate surface area is 224 Å². The summed E-state index contributed by atoms with van der Waals surface area (Å²) in [5.41, 5.74) is 11.0. The first kappa shape index (κ1) is 26.9. The summed E-state index contributed by atoms with van der Waals surface area (Å²) < 4.78 is 28.2. The Morgan fingerprint density at radius 2 is 1.61 bits per heavy atom. The molecule has 0 spiro atoms. The van der Waals surface area contributed by atoms with Gasteiger partial charge in [0, 0.05) is 28.2 Å². The minimum Gasteiger partial charge on any atom is -0.318 e. The van der Waals surface area contributed by atoms with Gasteiger partial charge in [-0.1, -0.05) is 36.4 Å². The molecule has 0 fully saturated rings. The average Bonchev–Trinajstić information content (AvgIpc) is 3.17. The zero-order valence-electron chi connectivity index (χ0n) is 22.3. The van der Waals surface area contributed by atoms with Gasteiger partial charge in [-0.2, -0.15) is 5.10 Å². The Kier molecular flexibility index (Phi) is 7.83. The van der Waals surface area contributed by atoms with Crippen LogP contribution in [0.4, 0.5) is 5.69 Å². The number of aryl methyl sites for hydroxylation is 3. The van der Waals surface area contributed by atoms with Crippen LogP contribution in [-0.2, 0) is 16.6 Å². The van der Waals surface area contributed by atoms with Gasteiger partial charge in [0.25, 0.3) is 5.91 Å². The molecule has 1 amide bonds. The first-order chi connectivity index (χ1) is 18.0. The van der Waals surface area contributed by atoms with Crippen molar-refractivity contribution in [3.05, 3.63) is 118 Å². The Bertz CT molecular complexity index is 1590. The maximum atomic E-state index is 12.7. The molecule has 0 aliphatic carbocycles. The number of sulfonamides is 1. The van der Waals surface area contributed by atoms with Crippen LogP contribution in [0.1, 0.15) is 44.0 Å². The molecule has 38 heavy (non-hydrogen) atoms. The molecule has 0 aliphatic heterocycles. The molecular formula is C30H32N4O3S. The van der Waals surface area contributed by atoms with Gasteiger partial charge in [0.05, 0.1) is 24.7 Å². The molecule has 8 heteroatoms. The second kappa shape index (κ2) is 11.1. The number of hydrogen-bond donors (Lipinski definition) is 1. The Morgan fingerprint density at radius 3 is 2.24 bits per heavy atom. The monoisotopic (exact) mass is 528 g/mol.